The number of Topliss-reactive ketones (excluding diaryl/α,β-unsaturated/α-hetero) is 1. The van der Waals surface area contributed by atoms with E-state index in [1.165, 1.54) is 33.1 Å². The van der Waals surface area contributed by atoms with E-state index in [0.29, 0.717) is 6.42 Å². The summed E-state index contributed by atoms with van der Waals surface area (Å²) in [5, 5.41) is 23.0. The number of unbranched alkanes of at least 4 members (excludes halogenated alkanes) is 6. The molecular weight excluding hydrogens is 352 g/mol. The maximum absolute atomic E-state index is 12.0. The van der Waals surface area contributed by atoms with E-state index in [4.69, 9.17) is 5.11 Å². The molecule has 0 rings (SSSR count). The van der Waals surface area contributed by atoms with Gasteiger partial charge in [-0.3, -0.25) is 19.2 Å². The Kier molecular flexibility index (Phi) is 12.3. The fraction of sp³-hybridized carbons (Fsp3) is 0.789. The van der Waals surface area contributed by atoms with Gasteiger partial charge in [0.05, 0.1) is 13.2 Å². The molecule has 0 radical (unpaired) electrons. The molecule has 0 aliphatic rings. The van der Waals surface area contributed by atoms with Crippen LogP contribution >= 0.6 is 0 Å². The number of amides is 2. The largest absolute Gasteiger partial charge is 0.481 e. The molecule has 0 spiro atoms. The minimum Gasteiger partial charge on any atom is -0.481 e. The van der Waals surface area contributed by atoms with E-state index < -0.39 is 42.3 Å². The Morgan fingerprint density at radius 2 is 1.52 bits per heavy atom. The van der Waals surface area contributed by atoms with Crippen molar-refractivity contribution in [3.05, 3.63) is 0 Å². The SMILES string of the molecule is CCCCCCCCCC(=O)NC(CO)C(=O)NCC(=O)C(C)(C)C(=O)O. The predicted molar refractivity (Wildman–Crippen MR) is 101 cm³/mol. The normalized spacial score (nSPS) is 12.3. The van der Waals surface area contributed by atoms with E-state index in [1.807, 2.05) is 0 Å². The van der Waals surface area contributed by atoms with Gasteiger partial charge in [-0.2, -0.15) is 0 Å². The molecule has 0 aliphatic carbocycles. The number of carbonyl (C=O) groups is 4. The number of carboxylic acids is 1. The average Bonchev–Trinajstić information content (AvgIpc) is 2.62. The van der Waals surface area contributed by atoms with Crippen LogP contribution in [0.25, 0.3) is 0 Å². The van der Waals surface area contributed by atoms with Crippen LogP contribution in [0.1, 0.15) is 72.1 Å². The first kappa shape index (κ1) is 25.0. The van der Waals surface area contributed by atoms with Gasteiger partial charge in [-0.05, 0) is 20.3 Å². The number of carbonyl (C=O) groups excluding carboxylic acids is 3. The fourth-order valence-electron chi connectivity index (χ4n) is 2.33. The maximum atomic E-state index is 12.0. The van der Waals surface area contributed by atoms with Crippen LogP contribution in [-0.4, -0.2) is 53.0 Å². The number of hydrogen-bond donors (Lipinski definition) is 4. The number of hydrogen-bond acceptors (Lipinski definition) is 5. The lowest BCUT2D eigenvalue weighted by molar-refractivity contribution is -0.152. The van der Waals surface area contributed by atoms with Gasteiger partial charge in [0.15, 0.2) is 5.78 Å². The molecule has 0 saturated carbocycles. The first-order chi connectivity index (χ1) is 12.7. The van der Waals surface area contributed by atoms with E-state index in [9.17, 15) is 24.3 Å². The van der Waals surface area contributed by atoms with Crippen molar-refractivity contribution in [1.82, 2.24) is 10.6 Å². The molecule has 0 fully saturated rings. The third kappa shape index (κ3) is 10.1. The van der Waals surface area contributed by atoms with Crippen molar-refractivity contribution in [2.75, 3.05) is 13.2 Å². The molecule has 8 nitrogen and oxygen atoms in total. The second-order valence-electron chi connectivity index (χ2n) is 7.25. The molecule has 4 N–H and O–H groups in total. The van der Waals surface area contributed by atoms with Crippen molar-refractivity contribution in [3.8, 4) is 0 Å². The number of aliphatic carboxylic acids is 1. The van der Waals surface area contributed by atoms with E-state index >= 15 is 0 Å². The van der Waals surface area contributed by atoms with Crippen molar-refractivity contribution >= 4 is 23.6 Å². The Hall–Kier alpha value is -1.96. The van der Waals surface area contributed by atoms with E-state index in [2.05, 4.69) is 17.6 Å². The van der Waals surface area contributed by atoms with Gasteiger partial charge in [0.25, 0.3) is 0 Å². The quantitative estimate of drug-likeness (QED) is 0.248. The molecule has 0 saturated heterocycles. The molecule has 8 heteroatoms. The van der Waals surface area contributed by atoms with Gasteiger partial charge in [0.1, 0.15) is 11.5 Å². The van der Waals surface area contributed by atoms with E-state index in [-0.39, 0.29) is 12.3 Å². The molecule has 0 aliphatic heterocycles. The zero-order valence-corrected chi connectivity index (χ0v) is 16.7. The smallest absolute Gasteiger partial charge is 0.316 e. The molecule has 1 atom stereocenters. The summed E-state index contributed by atoms with van der Waals surface area (Å²) in [6, 6.07) is -1.16. The van der Waals surface area contributed by atoms with Gasteiger partial charge in [-0.1, -0.05) is 45.4 Å². The Morgan fingerprint density at radius 1 is 0.963 bits per heavy atom. The summed E-state index contributed by atoms with van der Waals surface area (Å²) in [6.07, 6.45) is 7.74. The summed E-state index contributed by atoms with van der Waals surface area (Å²) < 4.78 is 0. The van der Waals surface area contributed by atoms with Crippen LogP contribution in [0, 0.1) is 5.41 Å². The van der Waals surface area contributed by atoms with Crippen LogP contribution in [0.5, 0.6) is 0 Å². The van der Waals surface area contributed by atoms with E-state index in [1.54, 1.807) is 0 Å². The number of carboxylic acid groups (broad SMARTS) is 1. The molecule has 27 heavy (non-hydrogen) atoms. The summed E-state index contributed by atoms with van der Waals surface area (Å²) in [4.78, 5) is 46.8. The van der Waals surface area contributed by atoms with Gasteiger partial charge in [-0.15, -0.1) is 0 Å². The number of aliphatic hydroxyl groups excluding tert-OH is 1. The standard InChI is InChI=1S/C19H34N2O6/c1-4-5-6-7-8-9-10-11-16(24)21-14(13-22)17(25)20-12-15(23)19(2,3)18(26)27/h14,22H,4-13H2,1-3H3,(H,20,25)(H,21,24)(H,26,27). The van der Waals surface area contributed by atoms with Crippen LogP contribution in [0.2, 0.25) is 0 Å². The zero-order chi connectivity index (χ0) is 20.9. The number of rotatable bonds is 15. The lowest BCUT2D eigenvalue weighted by Gasteiger charge is -2.20. The topological polar surface area (TPSA) is 133 Å². The number of aliphatic hydroxyl groups is 1. The second-order valence-corrected chi connectivity index (χ2v) is 7.25. The molecule has 0 aromatic heterocycles. The fourth-order valence-corrected chi connectivity index (χ4v) is 2.33. The highest BCUT2D eigenvalue weighted by molar-refractivity contribution is 6.04. The Morgan fingerprint density at radius 3 is 2.04 bits per heavy atom. The lowest BCUT2D eigenvalue weighted by atomic mass is 9.88. The third-order valence-corrected chi connectivity index (χ3v) is 4.50. The average molecular weight is 386 g/mol. The number of nitrogens with one attached hydrogen (secondary N) is 2. The van der Waals surface area contributed by atoms with Crippen LogP contribution < -0.4 is 10.6 Å². The molecule has 0 aromatic rings. The van der Waals surface area contributed by atoms with Crippen molar-refractivity contribution in [1.29, 1.82) is 0 Å². The van der Waals surface area contributed by atoms with Gasteiger partial charge >= 0.3 is 5.97 Å². The minimum absolute atomic E-state index is 0.266. The van der Waals surface area contributed by atoms with Crippen LogP contribution in [0.4, 0.5) is 0 Å². The van der Waals surface area contributed by atoms with Crippen LogP contribution in [0.15, 0.2) is 0 Å². The van der Waals surface area contributed by atoms with Crippen molar-refractivity contribution < 1.29 is 29.4 Å². The van der Waals surface area contributed by atoms with Crippen molar-refractivity contribution in [2.45, 2.75) is 78.2 Å². The molecule has 0 bridgehead atoms. The van der Waals surface area contributed by atoms with Crippen molar-refractivity contribution in [3.63, 3.8) is 0 Å². The molecule has 2 amide bonds. The van der Waals surface area contributed by atoms with Gasteiger partial charge in [-0.25, -0.2) is 0 Å². The molecule has 0 aromatic carbocycles. The molecular formula is C19H34N2O6. The summed E-state index contributed by atoms with van der Waals surface area (Å²) >= 11 is 0. The zero-order valence-electron chi connectivity index (χ0n) is 16.7. The van der Waals surface area contributed by atoms with E-state index in [0.717, 1.165) is 19.3 Å². The number of ketones is 1. The second kappa shape index (κ2) is 13.2. The highest BCUT2D eigenvalue weighted by Gasteiger charge is 2.35. The third-order valence-electron chi connectivity index (χ3n) is 4.50. The molecule has 1 unspecified atom stereocenters. The van der Waals surface area contributed by atoms with Crippen molar-refractivity contribution in [2.24, 2.45) is 5.41 Å². The van der Waals surface area contributed by atoms with Gasteiger partial charge in [0.2, 0.25) is 11.8 Å². The van der Waals surface area contributed by atoms with Gasteiger partial charge < -0.3 is 20.8 Å². The Labute approximate surface area is 161 Å². The first-order valence-electron chi connectivity index (χ1n) is 9.61. The van der Waals surface area contributed by atoms with Crippen LogP contribution in [-0.2, 0) is 19.2 Å². The summed E-state index contributed by atoms with van der Waals surface area (Å²) in [5.41, 5.74) is -1.62. The maximum Gasteiger partial charge on any atom is 0.316 e. The first-order valence-corrected chi connectivity index (χ1v) is 9.61. The summed E-state index contributed by atoms with van der Waals surface area (Å²) in [6.45, 7) is 3.56. The molecule has 156 valence electrons. The summed E-state index contributed by atoms with van der Waals surface area (Å²) in [5.74, 6) is -3.02. The molecule has 0 heterocycles. The Bertz CT molecular complexity index is 504. The minimum atomic E-state index is -1.62. The lowest BCUT2D eigenvalue weighted by Crippen LogP contribution is -2.51. The highest BCUT2D eigenvalue weighted by atomic mass is 16.4. The monoisotopic (exact) mass is 386 g/mol. The summed E-state index contributed by atoms with van der Waals surface area (Å²) in [7, 11) is 0. The highest BCUT2D eigenvalue weighted by Crippen LogP contribution is 2.16. The predicted octanol–water partition coefficient (Wildman–Crippen LogP) is 1.40. The van der Waals surface area contributed by atoms with Gasteiger partial charge in [0, 0.05) is 6.42 Å². The van der Waals surface area contributed by atoms with Crippen LogP contribution in [0.3, 0.4) is 0 Å². The Balaban J connectivity index is 4.20.